The largest absolute Gasteiger partial charge is 0.414 e. The minimum Gasteiger partial charge on any atom is -0.414 e. The van der Waals surface area contributed by atoms with Gasteiger partial charge in [-0.25, -0.2) is 9.37 Å². The lowest BCUT2D eigenvalue weighted by molar-refractivity contribution is -0.131. The number of benzene rings is 2. The standard InChI is InChI=1S/C18H14FNO2S/c1-12(21)22-18-16(11-13-5-3-2-4-6-13)20-17(23-18)14-7-9-15(19)10-8-14/h2-10H,11H2,1H3. The predicted molar refractivity (Wildman–Crippen MR) is 88.1 cm³/mol. The summed E-state index contributed by atoms with van der Waals surface area (Å²) >= 11 is 1.29. The Bertz CT molecular complexity index is 813. The SMILES string of the molecule is CC(=O)Oc1sc(-c2ccc(F)cc2)nc1Cc1ccccc1. The molecule has 0 amide bonds. The Labute approximate surface area is 137 Å². The second-order valence-corrected chi connectivity index (χ2v) is 5.98. The fourth-order valence-corrected chi connectivity index (χ4v) is 3.14. The topological polar surface area (TPSA) is 39.2 Å². The normalized spacial score (nSPS) is 10.5. The molecule has 3 rings (SSSR count). The highest BCUT2D eigenvalue weighted by Gasteiger charge is 2.16. The summed E-state index contributed by atoms with van der Waals surface area (Å²) in [7, 11) is 0. The zero-order chi connectivity index (χ0) is 16.2. The lowest BCUT2D eigenvalue weighted by Gasteiger charge is -2.01. The molecule has 3 aromatic rings. The number of hydrogen-bond acceptors (Lipinski definition) is 4. The van der Waals surface area contributed by atoms with Gasteiger partial charge in [-0.05, 0) is 29.8 Å². The molecule has 0 bridgehead atoms. The lowest BCUT2D eigenvalue weighted by Crippen LogP contribution is -2.02. The fraction of sp³-hybridized carbons (Fsp3) is 0.111. The van der Waals surface area contributed by atoms with Crippen LogP contribution in [0, 0.1) is 5.82 Å². The monoisotopic (exact) mass is 327 g/mol. The van der Waals surface area contributed by atoms with Crippen molar-refractivity contribution in [3.63, 3.8) is 0 Å². The van der Waals surface area contributed by atoms with Crippen molar-refractivity contribution < 1.29 is 13.9 Å². The van der Waals surface area contributed by atoms with Crippen molar-refractivity contribution in [1.82, 2.24) is 4.98 Å². The van der Waals surface area contributed by atoms with Gasteiger partial charge in [0.15, 0.2) is 0 Å². The van der Waals surface area contributed by atoms with Gasteiger partial charge in [-0.15, -0.1) is 0 Å². The number of nitrogens with zero attached hydrogens (tertiary/aromatic N) is 1. The molecule has 116 valence electrons. The molecular weight excluding hydrogens is 313 g/mol. The third-order valence-electron chi connectivity index (χ3n) is 3.20. The van der Waals surface area contributed by atoms with Crippen molar-refractivity contribution in [2.75, 3.05) is 0 Å². The molecule has 0 fully saturated rings. The van der Waals surface area contributed by atoms with Gasteiger partial charge < -0.3 is 4.74 Å². The van der Waals surface area contributed by atoms with Gasteiger partial charge in [0, 0.05) is 18.9 Å². The maximum atomic E-state index is 13.1. The van der Waals surface area contributed by atoms with Crippen LogP contribution < -0.4 is 4.74 Å². The molecule has 0 spiro atoms. The van der Waals surface area contributed by atoms with E-state index >= 15 is 0 Å². The maximum absolute atomic E-state index is 13.1. The minimum atomic E-state index is -0.381. The van der Waals surface area contributed by atoms with E-state index in [1.54, 1.807) is 12.1 Å². The number of aromatic nitrogens is 1. The average molecular weight is 327 g/mol. The number of carbonyl (C=O) groups excluding carboxylic acids is 1. The van der Waals surface area contributed by atoms with Gasteiger partial charge in [-0.1, -0.05) is 41.7 Å². The maximum Gasteiger partial charge on any atom is 0.308 e. The van der Waals surface area contributed by atoms with Gasteiger partial charge in [-0.2, -0.15) is 0 Å². The molecule has 0 saturated heterocycles. The zero-order valence-corrected chi connectivity index (χ0v) is 13.3. The van der Waals surface area contributed by atoms with Crippen LogP contribution in [0.2, 0.25) is 0 Å². The summed E-state index contributed by atoms with van der Waals surface area (Å²) in [6, 6.07) is 15.9. The van der Waals surface area contributed by atoms with Crippen LogP contribution in [-0.4, -0.2) is 11.0 Å². The van der Waals surface area contributed by atoms with Gasteiger partial charge in [0.25, 0.3) is 0 Å². The van der Waals surface area contributed by atoms with E-state index in [-0.39, 0.29) is 11.8 Å². The van der Waals surface area contributed by atoms with Crippen LogP contribution in [0.4, 0.5) is 4.39 Å². The van der Waals surface area contributed by atoms with Gasteiger partial charge in [0.2, 0.25) is 5.06 Å². The number of halogens is 1. The Hall–Kier alpha value is -2.53. The van der Waals surface area contributed by atoms with Gasteiger partial charge in [0.1, 0.15) is 10.8 Å². The molecule has 0 saturated carbocycles. The van der Waals surface area contributed by atoms with Crippen LogP contribution in [0.1, 0.15) is 18.2 Å². The van der Waals surface area contributed by atoms with E-state index < -0.39 is 0 Å². The first kappa shape index (κ1) is 15.4. The number of carbonyl (C=O) groups is 1. The summed E-state index contributed by atoms with van der Waals surface area (Å²) in [4.78, 5) is 15.9. The fourth-order valence-electron chi connectivity index (χ4n) is 2.16. The Balaban J connectivity index is 1.96. The molecule has 0 aliphatic heterocycles. The molecule has 1 aromatic heterocycles. The number of esters is 1. The smallest absolute Gasteiger partial charge is 0.308 e. The highest BCUT2D eigenvalue weighted by atomic mass is 32.1. The predicted octanol–water partition coefficient (Wildman–Crippen LogP) is 4.47. The molecule has 5 heteroatoms. The van der Waals surface area contributed by atoms with E-state index in [0.717, 1.165) is 11.1 Å². The number of thiazole rings is 1. The lowest BCUT2D eigenvalue weighted by atomic mass is 10.1. The summed E-state index contributed by atoms with van der Waals surface area (Å²) in [6.45, 7) is 1.36. The van der Waals surface area contributed by atoms with Crippen molar-refractivity contribution in [2.45, 2.75) is 13.3 Å². The van der Waals surface area contributed by atoms with E-state index in [1.165, 1.54) is 30.4 Å². The first-order chi connectivity index (χ1) is 11.1. The second kappa shape index (κ2) is 6.71. The van der Waals surface area contributed by atoms with Crippen molar-refractivity contribution >= 4 is 17.3 Å². The molecule has 1 heterocycles. The molecule has 0 aliphatic carbocycles. The Kier molecular flexibility index (Phi) is 4.48. The summed E-state index contributed by atoms with van der Waals surface area (Å²) in [5, 5.41) is 1.19. The summed E-state index contributed by atoms with van der Waals surface area (Å²) in [6.07, 6.45) is 0.571. The minimum absolute atomic E-state index is 0.296. The first-order valence-electron chi connectivity index (χ1n) is 7.10. The van der Waals surface area contributed by atoms with Crippen LogP contribution in [-0.2, 0) is 11.2 Å². The Morgan fingerprint density at radius 1 is 1.13 bits per heavy atom. The van der Waals surface area contributed by atoms with Crippen LogP contribution in [0.15, 0.2) is 54.6 Å². The quantitative estimate of drug-likeness (QED) is 0.664. The molecular formula is C18H14FNO2S. The highest BCUT2D eigenvalue weighted by Crippen LogP contribution is 2.35. The number of rotatable bonds is 4. The van der Waals surface area contributed by atoms with Crippen LogP contribution in [0.3, 0.4) is 0 Å². The molecule has 0 atom stereocenters. The molecule has 0 N–H and O–H groups in total. The first-order valence-corrected chi connectivity index (χ1v) is 7.91. The van der Waals surface area contributed by atoms with Gasteiger partial charge >= 0.3 is 5.97 Å². The Morgan fingerprint density at radius 2 is 1.83 bits per heavy atom. The van der Waals surface area contributed by atoms with E-state index in [0.29, 0.717) is 22.2 Å². The van der Waals surface area contributed by atoms with Crippen LogP contribution >= 0.6 is 11.3 Å². The van der Waals surface area contributed by atoms with Crippen LogP contribution in [0.5, 0.6) is 5.06 Å². The summed E-state index contributed by atoms with van der Waals surface area (Å²) in [5.74, 6) is -0.677. The van der Waals surface area contributed by atoms with Crippen molar-refractivity contribution in [2.24, 2.45) is 0 Å². The third kappa shape index (κ3) is 3.81. The molecule has 0 aliphatic rings. The van der Waals surface area contributed by atoms with E-state index in [4.69, 9.17) is 4.74 Å². The molecule has 0 radical (unpaired) electrons. The van der Waals surface area contributed by atoms with Crippen molar-refractivity contribution in [3.05, 3.63) is 71.7 Å². The highest BCUT2D eigenvalue weighted by molar-refractivity contribution is 7.17. The van der Waals surface area contributed by atoms with E-state index in [1.807, 2.05) is 30.3 Å². The Morgan fingerprint density at radius 3 is 2.48 bits per heavy atom. The molecule has 23 heavy (non-hydrogen) atoms. The molecule has 2 aromatic carbocycles. The van der Waals surface area contributed by atoms with Gasteiger partial charge in [-0.3, -0.25) is 4.79 Å². The van der Waals surface area contributed by atoms with Crippen molar-refractivity contribution in [3.8, 4) is 15.6 Å². The zero-order valence-electron chi connectivity index (χ0n) is 12.5. The summed E-state index contributed by atoms with van der Waals surface area (Å²) in [5.41, 5.74) is 2.58. The third-order valence-corrected chi connectivity index (χ3v) is 4.23. The molecule has 3 nitrogen and oxygen atoms in total. The van der Waals surface area contributed by atoms with Crippen LogP contribution in [0.25, 0.3) is 10.6 Å². The summed E-state index contributed by atoms with van der Waals surface area (Å²) < 4.78 is 18.3. The number of ether oxygens (including phenoxy) is 1. The van der Waals surface area contributed by atoms with Crippen molar-refractivity contribution in [1.29, 1.82) is 0 Å². The average Bonchev–Trinajstić information content (AvgIpc) is 2.91. The molecule has 0 unspecified atom stereocenters. The number of hydrogen-bond donors (Lipinski definition) is 0. The van der Waals surface area contributed by atoms with E-state index in [9.17, 15) is 9.18 Å². The van der Waals surface area contributed by atoms with Gasteiger partial charge in [0.05, 0.1) is 5.69 Å². The van der Waals surface area contributed by atoms with E-state index in [2.05, 4.69) is 4.98 Å². The second-order valence-electron chi connectivity index (χ2n) is 5.02.